The number of carbonyl (C=O) groups is 1. The van der Waals surface area contributed by atoms with Crippen LogP contribution in [0.4, 0.5) is 10.2 Å². The first kappa shape index (κ1) is 25.2. The Morgan fingerprint density at radius 1 is 1.21 bits per heavy atom. The highest BCUT2D eigenvalue weighted by molar-refractivity contribution is 6.39. The molecule has 38 heavy (non-hydrogen) atoms. The summed E-state index contributed by atoms with van der Waals surface area (Å²) in [6.45, 7) is 0.927. The van der Waals surface area contributed by atoms with Gasteiger partial charge < -0.3 is 19.3 Å². The lowest BCUT2D eigenvalue weighted by molar-refractivity contribution is -0.00761. The van der Waals surface area contributed by atoms with Gasteiger partial charge in [0.1, 0.15) is 17.1 Å². The number of nitrogens with zero attached hydrogens (tertiary/aromatic N) is 3. The van der Waals surface area contributed by atoms with E-state index in [2.05, 4.69) is 15.4 Å². The highest BCUT2D eigenvalue weighted by Gasteiger charge is 2.37. The van der Waals surface area contributed by atoms with Crippen molar-refractivity contribution in [3.63, 3.8) is 0 Å². The molecule has 2 aliphatic rings. The van der Waals surface area contributed by atoms with Crippen molar-refractivity contribution in [3.05, 3.63) is 63.3 Å². The van der Waals surface area contributed by atoms with Gasteiger partial charge in [-0.2, -0.15) is 5.10 Å². The van der Waals surface area contributed by atoms with Crippen molar-refractivity contribution < 1.29 is 23.6 Å². The van der Waals surface area contributed by atoms with Gasteiger partial charge in [-0.1, -0.05) is 34.4 Å². The Balaban J connectivity index is 1.14. The van der Waals surface area contributed by atoms with Crippen molar-refractivity contribution in [2.75, 3.05) is 24.6 Å². The van der Waals surface area contributed by atoms with Crippen LogP contribution in [-0.2, 0) is 11.3 Å². The van der Waals surface area contributed by atoms with Crippen molar-refractivity contribution >= 4 is 45.9 Å². The number of H-pyrrole nitrogens is 1. The van der Waals surface area contributed by atoms with Crippen LogP contribution in [0.15, 0.2) is 40.9 Å². The molecule has 198 valence electrons. The fraction of sp³-hybridized carbons (Fsp3) is 0.370. The fourth-order valence-electron chi connectivity index (χ4n) is 5.02. The van der Waals surface area contributed by atoms with E-state index in [4.69, 9.17) is 32.5 Å². The topological polar surface area (TPSA) is 104 Å². The van der Waals surface area contributed by atoms with Gasteiger partial charge in [0.15, 0.2) is 5.82 Å². The van der Waals surface area contributed by atoms with E-state index in [9.17, 15) is 9.90 Å². The summed E-state index contributed by atoms with van der Waals surface area (Å²) in [6.07, 6.45) is 2.53. The van der Waals surface area contributed by atoms with Crippen molar-refractivity contribution in [1.29, 1.82) is 0 Å². The quantitative estimate of drug-likeness (QED) is 0.250. The molecule has 1 aliphatic carbocycles. The monoisotopic (exact) mass is 558 g/mol. The number of alkyl halides is 1. The minimum Gasteiger partial charge on any atom is -0.478 e. The van der Waals surface area contributed by atoms with Crippen molar-refractivity contribution in [2.24, 2.45) is 0 Å². The van der Waals surface area contributed by atoms with E-state index in [1.807, 2.05) is 4.90 Å². The molecule has 2 fully saturated rings. The van der Waals surface area contributed by atoms with Crippen LogP contribution in [-0.4, -0.2) is 51.8 Å². The maximum atomic E-state index is 15.8. The SMILES string of the molecule is O=C(O)c1ccc2[nH]nc(N3CCC(F)(COCc4c(-c5c(Cl)cccc5Cl)noc4C4CC4)CC3)c2c1. The lowest BCUT2D eigenvalue weighted by Gasteiger charge is -2.36. The van der Waals surface area contributed by atoms with Crippen LogP contribution in [0.5, 0.6) is 0 Å². The van der Waals surface area contributed by atoms with Crippen LogP contribution in [0.1, 0.15) is 53.3 Å². The van der Waals surface area contributed by atoms with Crippen molar-refractivity contribution in [2.45, 2.75) is 43.9 Å². The lowest BCUT2D eigenvalue weighted by atomic mass is 9.94. The molecule has 2 aromatic heterocycles. The number of rotatable bonds is 8. The summed E-state index contributed by atoms with van der Waals surface area (Å²) in [5, 5.41) is 22.5. The number of ether oxygens (including phenoxy) is 1. The number of piperidine rings is 1. The highest BCUT2D eigenvalue weighted by atomic mass is 35.5. The number of aromatic nitrogens is 3. The Kier molecular flexibility index (Phi) is 6.53. The van der Waals surface area contributed by atoms with Crippen molar-refractivity contribution in [1.82, 2.24) is 15.4 Å². The Hall–Kier alpha value is -3.14. The summed E-state index contributed by atoms with van der Waals surface area (Å²) < 4.78 is 27.4. The molecule has 0 unspecified atom stereocenters. The fourth-order valence-corrected chi connectivity index (χ4v) is 5.60. The first-order chi connectivity index (χ1) is 18.3. The Bertz CT molecular complexity index is 1490. The average Bonchev–Trinajstić information content (AvgIpc) is 3.53. The zero-order valence-electron chi connectivity index (χ0n) is 20.3. The number of benzene rings is 2. The highest BCUT2D eigenvalue weighted by Crippen LogP contribution is 2.46. The average molecular weight is 559 g/mol. The molecule has 0 spiro atoms. The molecule has 0 amide bonds. The molecule has 2 aromatic carbocycles. The number of hydrogen-bond acceptors (Lipinski definition) is 6. The summed E-state index contributed by atoms with van der Waals surface area (Å²) in [5.74, 6) is 0.662. The van der Waals surface area contributed by atoms with E-state index >= 15 is 4.39 Å². The summed E-state index contributed by atoms with van der Waals surface area (Å²) in [7, 11) is 0. The zero-order chi connectivity index (χ0) is 26.4. The molecule has 1 aliphatic heterocycles. The first-order valence-electron chi connectivity index (χ1n) is 12.5. The molecule has 3 heterocycles. The standard InChI is InChI=1S/C27H25Cl2FN4O4/c28-19-2-1-3-20(29)22(19)23-18(24(38-33-23)15-4-5-15)13-37-14-27(30)8-10-34(11-9-27)25-17-12-16(26(35)36)6-7-21(17)31-32-25/h1-3,6-7,12,15H,4-5,8-11,13-14H2,(H,31,32)(H,35,36). The van der Waals surface area contributed by atoms with Crippen LogP contribution in [0, 0.1) is 0 Å². The van der Waals surface area contributed by atoms with Gasteiger partial charge in [0.05, 0.1) is 34.3 Å². The van der Waals surface area contributed by atoms with Crippen LogP contribution in [0.2, 0.25) is 10.0 Å². The lowest BCUT2D eigenvalue weighted by Crippen LogP contribution is -2.44. The normalized spacial score (nSPS) is 17.3. The summed E-state index contributed by atoms with van der Waals surface area (Å²) >= 11 is 12.9. The maximum absolute atomic E-state index is 15.8. The van der Waals surface area contributed by atoms with E-state index in [-0.39, 0.29) is 37.5 Å². The summed E-state index contributed by atoms with van der Waals surface area (Å²) in [6, 6.07) is 10.1. The number of carboxylic acids is 1. The van der Waals surface area contributed by atoms with Gasteiger partial charge in [-0.3, -0.25) is 5.10 Å². The molecular formula is C27H25Cl2FN4O4. The molecule has 4 aromatic rings. The van der Waals surface area contributed by atoms with Crippen LogP contribution < -0.4 is 4.90 Å². The predicted molar refractivity (Wildman–Crippen MR) is 142 cm³/mol. The Labute approximate surface area is 227 Å². The largest absolute Gasteiger partial charge is 0.478 e. The van der Waals surface area contributed by atoms with Gasteiger partial charge in [-0.15, -0.1) is 0 Å². The third-order valence-electron chi connectivity index (χ3n) is 7.32. The van der Waals surface area contributed by atoms with E-state index in [0.717, 1.165) is 29.7 Å². The van der Waals surface area contributed by atoms with E-state index in [1.165, 1.54) is 6.07 Å². The second-order valence-corrected chi connectivity index (χ2v) is 10.8. The van der Waals surface area contributed by atoms with Crippen LogP contribution in [0.3, 0.4) is 0 Å². The molecule has 1 saturated heterocycles. The molecule has 0 bridgehead atoms. The van der Waals surface area contributed by atoms with Gasteiger partial charge in [-0.05, 0) is 43.2 Å². The second kappa shape index (κ2) is 9.87. The van der Waals surface area contributed by atoms with Crippen molar-refractivity contribution in [3.8, 4) is 11.3 Å². The van der Waals surface area contributed by atoms with Gasteiger partial charge in [0.2, 0.25) is 0 Å². The number of hydrogen-bond donors (Lipinski definition) is 2. The minimum absolute atomic E-state index is 0.0731. The molecule has 0 atom stereocenters. The molecule has 8 nitrogen and oxygen atoms in total. The number of nitrogens with one attached hydrogen (secondary N) is 1. The number of carboxylic acid groups (broad SMARTS) is 1. The van der Waals surface area contributed by atoms with Gasteiger partial charge in [0.25, 0.3) is 0 Å². The summed E-state index contributed by atoms with van der Waals surface area (Å²) in [4.78, 5) is 13.4. The van der Waals surface area contributed by atoms with Gasteiger partial charge in [-0.25, -0.2) is 9.18 Å². The second-order valence-electron chi connectivity index (χ2n) is 9.99. The Morgan fingerprint density at radius 2 is 1.95 bits per heavy atom. The minimum atomic E-state index is -1.51. The number of halogens is 3. The van der Waals surface area contributed by atoms with Crippen LogP contribution >= 0.6 is 23.2 Å². The number of aromatic carboxylic acids is 1. The maximum Gasteiger partial charge on any atom is 0.335 e. The molecule has 2 N–H and O–H groups in total. The van der Waals surface area contributed by atoms with Crippen LogP contribution in [0.25, 0.3) is 22.2 Å². The number of anilines is 1. The molecule has 1 saturated carbocycles. The number of aromatic amines is 1. The smallest absolute Gasteiger partial charge is 0.335 e. The van der Waals surface area contributed by atoms with Gasteiger partial charge >= 0.3 is 5.97 Å². The predicted octanol–water partition coefficient (Wildman–Crippen LogP) is 6.63. The van der Waals surface area contributed by atoms with E-state index < -0.39 is 11.6 Å². The first-order valence-corrected chi connectivity index (χ1v) is 13.2. The summed E-state index contributed by atoms with van der Waals surface area (Å²) in [5.41, 5.74) is 1.30. The third-order valence-corrected chi connectivity index (χ3v) is 7.95. The molecule has 0 radical (unpaired) electrons. The zero-order valence-corrected chi connectivity index (χ0v) is 21.9. The molecule has 6 rings (SSSR count). The van der Waals surface area contributed by atoms with E-state index in [1.54, 1.807) is 30.3 Å². The van der Waals surface area contributed by atoms with Gasteiger partial charge in [0, 0.05) is 48.4 Å². The Morgan fingerprint density at radius 3 is 2.63 bits per heavy atom. The molecular weight excluding hydrogens is 534 g/mol. The molecule has 11 heteroatoms. The van der Waals surface area contributed by atoms with E-state index in [0.29, 0.717) is 45.6 Å². The third kappa shape index (κ3) is 4.74. The number of fused-ring (bicyclic) bond motifs is 1.